The van der Waals surface area contributed by atoms with Crippen molar-refractivity contribution in [3.8, 4) is 0 Å². The Kier molecular flexibility index (Phi) is 8.81. The van der Waals surface area contributed by atoms with E-state index in [1.165, 1.54) is 19.3 Å². The lowest BCUT2D eigenvalue weighted by atomic mass is 9.44. The van der Waals surface area contributed by atoms with E-state index in [4.69, 9.17) is 5.73 Å². The molecule has 0 aromatic heterocycles. The first kappa shape index (κ1) is 28.6. The normalized spacial score (nSPS) is 41.1. The number of aliphatic hydroxyl groups excluding tert-OH is 1. The Morgan fingerprint density at radius 2 is 1.63 bits per heavy atom. The zero-order valence-corrected chi connectivity index (χ0v) is 22.9. The van der Waals surface area contributed by atoms with Crippen molar-refractivity contribution < 1.29 is 19.5 Å². The fourth-order valence-corrected chi connectivity index (χ4v) is 9.02. The Hall–Kier alpha value is -0.980. The summed E-state index contributed by atoms with van der Waals surface area (Å²) in [4.78, 5) is 38.3. The number of aliphatic hydroxyl groups is 1. The molecule has 4 saturated carbocycles. The molecular formula is C28H47ClN2O4. The van der Waals surface area contributed by atoms with Crippen LogP contribution in [0.3, 0.4) is 0 Å². The van der Waals surface area contributed by atoms with E-state index in [-0.39, 0.29) is 66.2 Å². The number of nitrogens with one attached hydrogen (secondary N) is 1. The van der Waals surface area contributed by atoms with E-state index in [1.54, 1.807) is 0 Å². The van der Waals surface area contributed by atoms with Crippen molar-refractivity contribution in [3.63, 3.8) is 0 Å². The van der Waals surface area contributed by atoms with Gasteiger partial charge < -0.3 is 16.2 Å². The van der Waals surface area contributed by atoms with Gasteiger partial charge in [0.25, 0.3) is 0 Å². The first-order chi connectivity index (χ1) is 16.0. The van der Waals surface area contributed by atoms with Gasteiger partial charge in [0.2, 0.25) is 5.91 Å². The minimum Gasteiger partial charge on any atom is -0.393 e. The molecule has 1 amide bonds. The highest BCUT2D eigenvalue weighted by atomic mass is 35.5. The van der Waals surface area contributed by atoms with Crippen LogP contribution in [0.4, 0.5) is 0 Å². The van der Waals surface area contributed by atoms with Crippen molar-refractivity contribution in [2.45, 2.75) is 104 Å². The average molecular weight is 511 g/mol. The highest BCUT2D eigenvalue weighted by Gasteiger charge is 2.61. The van der Waals surface area contributed by atoms with E-state index < -0.39 is 6.04 Å². The lowest BCUT2D eigenvalue weighted by Gasteiger charge is -2.60. The molecule has 0 saturated heterocycles. The van der Waals surface area contributed by atoms with E-state index in [9.17, 15) is 19.5 Å². The predicted molar refractivity (Wildman–Crippen MR) is 139 cm³/mol. The fourth-order valence-electron chi connectivity index (χ4n) is 9.02. The van der Waals surface area contributed by atoms with E-state index in [2.05, 4.69) is 19.2 Å². The lowest BCUT2D eigenvalue weighted by molar-refractivity contribution is -0.142. The third-order valence-corrected chi connectivity index (χ3v) is 10.9. The number of ketones is 2. The molecule has 4 aliphatic carbocycles. The summed E-state index contributed by atoms with van der Waals surface area (Å²) in [5.74, 6) is 1.94. The van der Waals surface area contributed by atoms with Gasteiger partial charge in [-0.05, 0) is 98.2 Å². The van der Waals surface area contributed by atoms with Crippen molar-refractivity contribution in [3.05, 3.63) is 0 Å². The number of hydrogen-bond acceptors (Lipinski definition) is 5. The molecule has 0 aliphatic heterocycles. The van der Waals surface area contributed by atoms with Gasteiger partial charge in [-0.2, -0.15) is 0 Å². The molecule has 4 fully saturated rings. The second-order valence-electron chi connectivity index (χ2n) is 12.9. The smallest absolute Gasteiger partial charge is 0.234 e. The molecule has 0 heterocycles. The molecule has 4 aliphatic rings. The van der Waals surface area contributed by atoms with Crippen LogP contribution in [-0.4, -0.2) is 41.3 Å². The van der Waals surface area contributed by atoms with Crippen LogP contribution in [0.25, 0.3) is 0 Å². The largest absolute Gasteiger partial charge is 0.393 e. The summed E-state index contributed by atoms with van der Waals surface area (Å²) < 4.78 is 0. The van der Waals surface area contributed by atoms with Crippen LogP contribution in [0.1, 0.15) is 91.9 Å². The molecule has 4 N–H and O–H groups in total. The first-order valence-corrected chi connectivity index (χ1v) is 13.7. The van der Waals surface area contributed by atoms with Gasteiger partial charge in [0.05, 0.1) is 25.1 Å². The zero-order valence-electron chi connectivity index (χ0n) is 22.1. The van der Waals surface area contributed by atoms with E-state index in [0.717, 1.165) is 38.5 Å². The summed E-state index contributed by atoms with van der Waals surface area (Å²) in [5.41, 5.74) is 5.72. The molecule has 0 bridgehead atoms. The highest BCUT2D eigenvalue weighted by Crippen LogP contribution is 2.67. The van der Waals surface area contributed by atoms with E-state index >= 15 is 0 Å². The Morgan fingerprint density at radius 1 is 0.971 bits per heavy atom. The summed E-state index contributed by atoms with van der Waals surface area (Å²) >= 11 is 0. The topological polar surface area (TPSA) is 109 Å². The molecule has 0 spiro atoms. The minimum absolute atomic E-state index is 0. The summed E-state index contributed by atoms with van der Waals surface area (Å²) in [7, 11) is 0. The maximum Gasteiger partial charge on any atom is 0.234 e. The summed E-state index contributed by atoms with van der Waals surface area (Å²) in [6, 6.07) is -0.655. The van der Waals surface area contributed by atoms with Crippen LogP contribution in [0.2, 0.25) is 0 Å². The van der Waals surface area contributed by atoms with Crippen LogP contribution in [0.5, 0.6) is 0 Å². The maximum absolute atomic E-state index is 13.5. The molecule has 6 nitrogen and oxygen atoms in total. The van der Waals surface area contributed by atoms with Crippen LogP contribution in [0, 0.1) is 46.3 Å². The molecule has 0 unspecified atom stereocenters. The molecule has 0 aromatic rings. The van der Waals surface area contributed by atoms with Crippen molar-refractivity contribution in [2.24, 2.45) is 52.1 Å². The molecule has 4 rings (SSSR count). The standard InChI is InChI=1S/C28H46N2O4.ClH/c1-16(2)26(30-25(34)15-29)24(33)14-23(32)22-8-7-20-19-6-5-17-13-18(31)9-11-27(17,3)21(19)10-12-28(20,22)4;/h16-22,26,31H,5-15,29H2,1-4H3,(H,30,34);1H/t17-,18+,19-,20-,21-,22+,26-,27-,28-;/m0./s1. The second-order valence-corrected chi connectivity index (χ2v) is 12.9. The van der Waals surface area contributed by atoms with Crippen molar-refractivity contribution >= 4 is 29.9 Å². The Bertz CT molecular complexity index is 819. The average Bonchev–Trinajstić information content (AvgIpc) is 3.14. The van der Waals surface area contributed by atoms with E-state index in [1.807, 2.05) is 13.8 Å². The third kappa shape index (κ3) is 5.09. The van der Waals surface area contributed by atoms with Gasteiger partial charge >= 0.3 is 0 Å². The number of carbonyl (C=O) groups excluding carboxylic acids is 3. The Balaban J connectivity index is 0.00000342. The van der Waals surface area contributed by atoms with Gasteiger partial charge in [0.15, 0.2) is 5.78 Å². The monoisotopic (exact) mass is 510 g/mol. The number of halogens is 1. The summed E-state index contributed by atoms with van der Waals surface area (Å²) in [6.07, 6.45) is 9.43. The zero-order chi connectivity index (χ0) is 24.8. The SMILES string of the molecule is CC(C)[C@H](NC(=O)CN)C(=O)CC(=O)[C@H]1CC[C@H]2[C@@H]3CC[C@H]4C[C@H](O)CC[C@]4(C)[C@H]3CC[C@]12C.Cl. The molecular weight excluding hydrogens is 464 g/mol. The number of nitrogens with two attached hydrogens (primary N) is 1. The lowest BCUT2D eigenvalue weighted by Crippen LogP contribution is -2.54. The molecule has 35 heavy (non-hydrogen) atoms. The van der Waals surface area contributed by atoms with Crippen molar-refractivity contribution in [1.29, 1.82) is 0 Å². The van der Waals surface area contributed by atoms with Crippen molar-refractivity contribution in [1.82, 2.24) is 5.32 Å². The number of hydrogen-bond donors (Lipinski definition) is 3. The number of fused-ring (bicyclic) bond motifs is 5. The van der Waals surface area contributed by atoms with Gasteiger partial charge in [0.1, 0.15) is 5.78 Å². The Labute approximate surface area is 217 Å². The second kappa shape index (κ2) is 10.8. The van der Waals surface area contributed by atoms with Gasteiger partial charge in [-0.1, -0.05) is 27.7 Å². The molecule has 0 radical (unpaired) electrons. The van der Waals surface area contributed by atoms with Gasteiger partial charge in [-0.15, -0.1) is 12.4 Å². The van der Waals surface area contributed by atoms with E-state index in [0.29, 0.717) is 29.1 Å². The highest BCUT2D eigenvalue weighted by molar-refractivity contribution is 6.04. The molecule has 9 atom stereocenters. The summed E-state index contributed by atoms with van der Waals surface area (Å²) in [6.45, 7) is 8.43. The number of amides is 1. The maximum atomic E-state index is 13.5. The molecule has 0 aromatic carbocycles. The van der Waals surface area contributed by atoms with Gasteiger partial charge in [-0.25, -0.2) is 0 Å². The first-order valence-electron chi connectivity index (χ1n) is 13.7. The van der Waals surface area contributed by atoms with Crippen molar-refractivity contribution in [2.75, 3.05) is 6.54 Å². The molecule has 200 valence electrons. The van der Waals surface area contributed by atoms with Crippen LogP contribution >= 0.6 is 12.4 Å². The number of Topliss-reactive ketones (excluding diaryl/α,β-unsaturated/α-hetero) is 2. The number of rotatable bonds is 7. The van der Waals surface area contributed by atoms with Crippen LogP contribution in [-0.2, 0) is 14.4 Å². The third-order valence-electron chi connectivity index (χ3n) is 10.9. The van der Waals surface area contributed by atoms with Crippen LogP contribution < -0.4 is 11.1 Å². The predicted octanol–water partition coefficient (Wildman–Crippen LogP) is 4.06. The van der Waals surface area contributed by atoms with Gasteiger partial charge in [-0.3, -0.25) is 14.4 Å². The fraction of sp³-hybridized carbons (Fsp3) is 0.893. The minimum atomic E-state index is -0.655. The summed E-state index contributed by atoms with van der Waals surface area (Å²) in [5, 5.41) is 13.0. The van der Waals surface area contributed by atoms with Crippen LogP contribution in [0.15, 0.2) is 0 Å². The Morgan fingerprint density at radius 3 is 2.29 bits per heavy atom. The molecule has 7 heteroatoms. The number of carbonyl (C=O) groups is 3. The quantitative estimate of drug-likeness (QED) is 0.447. The van der Waals surface area contributed by atoms with Gasteiger partial charge in [0, 0.05) is 5.92 Å².